The van der Waals surface area contributed by atoms with E-state index < -0.39 is 9.84 Å². The summed E-state index contributed by atoms with van der Waals surface area (Å²) in [6.07, 6.45) is 2.73. The van der Waals surface area contributed by atoms with Crippen molar-refractivity contribution in [2.75, 3.05) is 62.2 Å². The summed E-state index contributed by atoms with van der Waals surface area (Å²) in [6.45, 7) is 4.43. The molecule has 0 saturated carbocycles. The molecule has 0 spiro atoms. The summed E-state index contributed by atoms with van der Waals surface area (Å²) >= 11 is 1.62. The second-order valence-electron chi connectivity index (χ2n) is 5.96. The van der Waals surface area contributed by atoms with Crippen LogP contribution in [0.25, 0.3) is 0 Å². The summed E-state index contributed by atoms with van der Waals surface area (Å²) in [5, 5.41) is 2.98. The predicted molar refractivity (Wildman–Crippen MR) is 90.6 cm³/mol. The third-order valence-electron chi connectivity index (χ3n) is 4.33. The number of amides is 1. The van der Waals surface area contributed by atoms with Gasteiger partial charge in [0.25, 0.3) is 0 Å². The lowest BCUT2D eigenvalue weighted by Gasteiger charge is -2.29. The average molecular weight is 358 g/mol. The lowest BCUT2D eigenvalue weighted by molar-refractivity contribution is -0.132. The van der Waals surface area contributed by atoms with Gasteiger partial charge in [0, 0.05) is 50.8 Å². The monoisotopic (exact) mass is 358 g/mol. The fourth-order valence-electron chi connectivity index (χ4n) is 2.93. The van der Waals surface area contributed by atoms with E-state index in [2.05, 4.69) is 9.88 Å². The molecule has 0 aliphatic carbocycles. The molecule has 2 saturated heterocycles. The van der Waals surface area contributed by atoms with Gasteiger partial charge in [0.1, 0.15) is 0 Å². The third-order valence-corrected chi connectivity index (χ3v) is 6.78. The number of nitrogens with zero attached hydrogens (tertiary/aromatic N) is 4. The molecule has 1 aromatic heterocycles. The zero-order valence-corrected chi connectivity index (χ0v) is 14.7. The Bertz CT molecular complexity index is 618. The molecule has 0 atom stereocenters. The summed E-state index contributed by atoms with van der Waals surface area (Å²) in [5.41, 5.74) is 0. The maximum absolute atomic E-state index is 12.5. The summed E-state index contributed by atoms with van der Waals surface area (Å²) in [5.74, 6) is 0.432. The van der Waals surface area contributed by atoms with Gasteiger partial charge in [-0.2, -0.15) is 0 Å². The minimum absolute atomic E-state index is 0.102. The number of hydrogen-bond acceptors (Lipinski definition) is 7. The number of sulfone groups is 1. The number of anilines is 1. The van der Waals surface area contributed by atoms with Crippen LogP contribution in [0.4, 0.5) is 5.13 Å². The summed E-state index contributed by atoms with van der Waals surface area (Å²) in [7, 11) is -2.89. The van der Waals surface area contributed by atoms with Gasteiger partial charge < -0.3 is 9.80 Å². The highest BCUT2D eigenvalue weighted by molar-refractivity contribution is 7.91. The van der Waals surface area contributed by atoms with Crippen LogP contribution in [0.5, 0.6) is 0 Å². The van der Waals surface area contributed by atoms with Gasteiger partial charge in [-0.3, -0.25) is 9.69 Å². The minimum atomic E-state index is -2.89. The van der Waals surface area contributed by atoms with Crippen LogP contribution in [0.2, 0.25) is 0 Å². The Morgan fingerprint density at radius 2 is 1.91 bits per heavy atom. The molecule has 1 amide bonds. The highest BCUT2D eigenvalue weighted by Crippen LogP contribution is 2.19. The van der Waals surface area contributed by atoms with Crippen molar-refractivity contribution in [1.82, 2.24) is 14.8 Å². The molecule has 0 radical (unpaired) electrons. The summed E-state index contributed by atoms with van der Waals surface area (Å²) < 4.78 is 22.9. The molecule has 3 heterocycles. The van der Waals surface area contributed by atoms with Gasteiger partial charge in [-0.1, -0.05) is 0 Å². The smallest absolute Gasteiger partial charge is 0.236 e. The summed E-state index contributed by atoms with van der Waals surface area (Å²) in [6, 6.07) is 0. The molecule has 128 valence electrons. The Balaban J connectivity index is 1.50. The second kappa shape index (κ2) is 7.14. The van der Waals surface area contributed by atoms with Gasteiger partial charge >= 0.3 is 0 Å². The van der Waals surface area contributed by atoms with Gasteiger partial charge in [-0.25, -0.2) is 13.4 Å². The molecule has 0 aromatic carbocycles. The van der Waals surface area contributed by atoms with Crippen LogP contribution in [0.1, 0.15) is 6.42 Å². The zero-order chi connectivity index (χ0) is 16.3. The van der Waals surface area contributed by atoms with Crippen molar-refractivity contribution in [3.63, 3.8) is 0 Å². The van der Waals surface area contributed by atoms with Crippen molar-refractivity contribution in [2.24, 2.45) is 0 Å². The molecule has 0 N–H and O–H groups in total. The van der Waals surface area contributed by atoms with Crippen molar-refractivity contribution in [2.45, 2.75) is 6.42 Å². The lowest BCUT2D eigenvalue weighted by Crippen LogP contribution is -2.47. The number of carbonyl (C=O) groups is 1. The summed E-state index contributed by atoms with van der Waals surface area (Å²) in [4.78, 5) is 22.9. The maximum atomic E-state index is 12.5. The average Bonchev–Trinajstić information content (AvgIpc) is 2.94. The highest BCUT2D eigenvalue weighted by Gasteiger charge is 2.26. The molecule has 0 unspecified atom stereocenters. The van der Waals surface area contributed by atoms with Crippen molar-refractivity contribution >= 4 is 32.2 Å². The minimum Gasteiger partial charge on any atom is -0.346 e. The molecule has 7 nitrogen and oxygen atoms in total. The molecule has 9 heteroatoms. The van der Waals surface area contributed by atoms with Crippen molar-refractivity contribution in [3.05, 3.63) is 11.6 Å². The Labute approximate surface area is 140 Å². The number of aromatic nitrogens is 1. The van der Waals surface area contributed by atoms with Crippen LogP contribution in [0.15, 0.2) is 11.6 Å². The van der Waals surface area contributed by atoms with Gasteiger partial charge in [0.05, 0.1) is 18.1 Å². The molecule has 2 aliphatic rings. The second-order valence-corrected chi connectivity index (χ2v) is 9.14. The molecule has 0 bridgehead atoms. The van der Waals surface area contributed by atoms with Crippen LogP contribution in [-0.4, -0.2) is 86.4 Å². The molecular formula is C14H22N4O3S2. The first-order chi connectivity index (χ1) is 11.0. The van der Waals surface area contributed by atoms with E-state index in [1.807, 2.05) is 15.2 Å². The fraction of sp³-hybridized carbons (Fsp3) is 0.714. The lowest BCUT2D eigenvalue weighted by atomic mass is 10.3. The van der Waals surface area contributed by atoms with Gasteiger partial charge in [0.2, 0.25) is 5.91 Å². The Morgan fingerprint density at radius 1 is 1.13 bits per heavy atom. The molecule has 23 heavy (non-hydrogen) atoms. The number of hydrogen-bond donors (Lipinski definition) is 0. The maximum Gasteiger partial charge on any atom is 0.236 e. The molecule has 1 aromatic rings. The Hall–Kier alpha value is -1.19. The first-order valence-electron chi connectivity index (χ1n) is 7.88. The number of thiazole rings is 1. The molecule has 2 aliphatic heterocycles. The normalized spacial score (nSPS) is 22.8. The van der Waals surface area contributed by atoms with Gasteiger partial charge in [0.15, 0.2) is 15.0 Å². The van der Waals surface area contributed by atoms with Gasteiger partial charge in [-0.05, 0) is 6.42 Å². The van der Waals surface area contributed by atoms with Crippen LogP contribution in [0.3, 0.4) is 0 Å². The van der Waals surface area contributed by atoms with E-state index in [0.717, 1.165) is 31.2 Å². The van der Waals surface area contributed by atoms with Crippen LogP contribution < -0.4 is 4.90 Å². The standard InChI is InChI=1S/C14H22N4O3S2/c19-13(12-16-7-10-23(20,21)11-8-16)17-3-1-4-18(6-5-17)14-15-2-9-22-14/h2,9H,1,3-8,10-12H2. The topological polar surface area (TPSA) is 73.8 Å². The van der Waals surface area contributed by atoms with E-state index in [4.69, 9.17) is 0 Å². The van der Waals surface area contributed by atoms with Gasteiger partial charge in [-0.15, -0.1) is 11.3 Å². The van der Waals surface area contributed by atoms with Crippen LogP contribution in [-0.2, 0) is 14.6 Å². The van der Waals surface area contributed by atoms with Crippen LogP contribution >= 0.6 is 11.3 Å². The first kappa shape index (κ1) is 16.7. The van der Waals surface area contributed by atoms with Crippen molar-refractivity contribution in [3.8, 4) is 0 Å². The van der Waals surface area contributed by atoms with E-state index in [9.17, 15) is 13.2 Å². The van der Waals surface area contributed by atoms with E-state index in [1.54, 1.807) is 17.5 Å². The quantitative estimate of drug-likeness (QED) is 0.752. The largest absolute Gasteiger partial charge is 0.346 e. The SMILES string of the molecule is O=C(CN1CCS(=O)(=O)CC1)N1CCCN(c2nccs2)CC1. The Kier molecular flexibility index (Phi) is 5.17. The molecule has 2 fully saturated rings. The van der Waals surface area contributed by atoms with Crippen molar-refractivity contribution in [1.29, 1.82) is 0 Å². The van der Waals surface area contributed by atoms with E-state index in [-0.39, 0.29) is 17.4 Å². The fourth-order valence-corrected chi connectivity index (χ4v) is 4.90. The third kappa shape index (κ3) is 4.42. The van der Waals surface area contributed by atoms with E-state index in [0.29, 0.717) is 26.2 Å². The number of carbonyl (C=O) groups excluding carboxylic acids is 1. The van der Waals surface area contributed by atoms with E-state index >= 15 is 0 Å². The van der Waals surface area contributed by atoms with Crippen molar-refractivity contribution < 1.29 is 13.2 Å². The first-order valence-corrected chi connectivity index (χ1v) is 10.6. The highest BCUT2D eigenvalue weighted by atomic mass is 32.2. The number of rotatable bonds is 3. The van der Waals surface area contributed by atoms with Crippen LogP contribution in [0, 0.1) is 0 Å². The molecular weight excluding hydrogens is 336 g/mol. The zero-order valence-electron chi connectivity index (χ0n) is 13.1. The Morgan fingerprint density at radius 3 is 2.61 bits per heavy atom. The predicted octanol–water partition coefficient (Wildman–Crippen LogP) is -0.0878. The molecule has 3 rings (SSSR count). The van der Waals surface area contributed by atoms with E-state index in [1.165, 1.54) is 0 Å².